The van der Waals surface area contributed by atoms with Crippen LogP contribution in [0.4, 0.5) is 0 Å². The number of rotatable bonds is 3. The fourth-order valence-corrected chi connectivity index (χ4v) is 3.71. The molecule has 3 rings (SSSR count). The second-order valence-corrected chi connectivity index (χ2v) is 6.29. The molecule has 2 aromatic carbocycles. The first-order valence-corrected chi connectivity index (χ1v) is 7.79. The van der Waals surface area contributed by atoms with Crippen molar-refractivity contribution >= 4 is 0 Å². The van der Waals surface area contributed by atoms with Gasteiger partial charge in [0.15, 0.2) is 0 Å². The average Bonchev–Trinajstić information content (AvgIpc) is 2.48. The van der Waals surface area contributed by atoms with Crippen LogP contribution in [0.3, 0.4) is 0 Å². The van der Waals surface area contributed by atoms with Gasteiger partial charge in [0.2, 0.25) is 0 Å². The van der Waals surface area contributed by atoms with E-state index in [2.05, 4.69) is 36.4 Å². The fraction of sp³-hybridized carbons (Fsp3) is 0.368. The predicted molar refractivity (Wildman–Crippen MR) is 86.4 cm³/mol. The molecule has 0 bridgehead atoms. The maximum absolute atomic E-state index is 9.67. The van der Waals surface area contributed by atoms with E-state index in [1.165, 1.54) is 18.4 Å². The number of hydrogen-bond acceptors (Lipinski definition) is 2. The summed E-state index contributed by atoms with van der Waals surface area (Å²) in [5.41, 5.74) is 9.09. The normalized spacial score (nSPS) is 25.7. The van der Waals surface area contributed by atoms with Gasteiger partial charge in [-0.15, -0.1) is 0 Å². The number of phenols is 1. The third-order valence-corrected chi connectivity index (χ3v) is 4.72. The lowest BCUT2D eigenvalue weighted by molar-refractivity contribution is 0.249. The molecule has 2 aromatic rings. The van der Waals surface area contributed by atoms with Gasteiger partial charge in [-0.05, 0) is 42.5 Å². The highest BCUT2D eigenvalue weighted by atomic mass is 16.3. The van der Waals surface area contributed by atoms with Crippen LogP contribution < -0.4 is 5.73 Å². The molecule has 1 saturated carbocycles. The van der Waals surface area contributed by atoms with Crippen LogP contribution in [0.1, 0.15) is 42.7 Å². The molecule has 3 N–H and O–H groups in total. The number of phenolic OH excluding ortho intramolecular Hbond substituents is 1. The van der Waals surface area contributed by atoms with Gasteiger partial charge >= 0.3 is 0 Å². The molecule has 2 heteroatoms. The number of nitrogens with two attached hydrogens (primary N) is 1. The Bertz CT molecular complexity index is 596. The second-order valence-electron chi connectivity index (χ2n) is 6.29. The summed E-state index contributed by atoms with van der Waals surface area (Å²) in [6, 6.07) is 18.1. The van der Waals surface area contributed by atoms with Gasteiger partial charge in [0.1, 0.15) is 5.75 Å². The van der Waals surface area contributed by atoms with Crippen LogP contribution in [0.15, 0.2) is 54.6 Å². The van der Waals surface area contributed by atoms with Gasteiger partial charge in [0.05, 0.1) is 0 Å². The van der Waals surface area contributed by atoms with Crippen molar-refractivity contribution < 1.29 is 5.11 Å². The summed E-state index contributed by atoms with van der Waals surface area (Å²) in [6.07, 6.45) is 5.46. The molecule has 0 radical (unpaired) electrons. The number of hydrogen-bond donors (Lipinski definition) is 2. The largest absolute Gasteiger partial charge is 0.508 e. The average molecular weight is 281 g/mol. The molecule has 0 saturated heterocycles. The van der Waals surface area contributed by atoms with Crippen LogP contribution in [0.5, 0.6) is 5.75 Å². The molecule has 0 spiro atoms. The van der Waals surface area contributed by atoms with Crippen molar-refractivity contribution in [1.29, 1.82) is 0 Å². The first kappa shape index (κ1) is 14.2. The second kappa shape index (κ2) is 5.90. The van der Waals surface area contributed by atoms with E-state index in [1.54, 1.807) is 6.07 Å². The van der Waals surface area contributed by atoms with Crippen molar-refractivity contribution in [1.82, 2.24) is 0 Å². The Kier molecular flexibility index (Phi) is 3.98. The topological polar surface area (TPSA) is 46.2 Å². The third kappa shape index (κ3) is 3.11. The lowest BCUT2D eigenvalue weighted by Gasteiger charge is -2.42. The van der Waals surface area contributed by atoms with Gasteiger partial charge in [0, 0.05) is 11.5 Å². The smallest absolute Gasteiger partial charge is 0.115 e. The maximum Gasteiger partial charge on any atom is 0.115 e. The molecule has 110 valence electrons. The predicted octanol–water partition coefficient (Wildman–Crippen LogP) is 3.99. The molecular weight excluding hydrogens is 258 g/mol. The summed E-state index contributed by atoms with van der Waals surface area (Å²) >= 11 is 0. The lowest BCUT2D eigenvalue weighted by Crippen LogP contribution is -2.49. The van der Waals surface area contributed by atoms with E-state index in [0.717, 1.165) is 24.8 Å². The van der Waals surface area contributed by atoms with Crippen molar-refractivity contribution in [3.63, 3.8) is 0 Å². The lowest BCUT2D eigenvalue weighted by atomic mass is 9.67. The van der Waals surface area contributed by atoms with Gasteiger partial charge in [-0.25, -0.2) is 0 Å². The van der Waals surface area contributed by atoms with E-state index in [0.29, 0.717) is 11.7 Å². The number of benzene rings is 2. The van der Waals surface area contributed by atoms with Crippen LogP contribution >= 0.6 is 0 Å². The molecule has 1 aliphatic rings. The molecule has 1 fully saturated rings. The Hall–Kier alpha value is -1.80. The van der Waals surface area contributed by atoms with Crippen molar-refractivity contribution in [2.24, 2.45) is 5.73 Å². The van der Waals surface area contributed by atoms with E-state index >= 15 is 0 Å². The Balaban J connectivity index is 1.88. The molecule has 2 nitrogen and oxygen atoms in total. The Morgan fingerprint density at radius 3 is 2.62 bits per heavy atom. The molecule has 0 aliphatic heterocycles. The molecule has 0 amide bonds. The van der Waals surface area contributed by atoms with Crippen LogP contribution in [0, 0.1) is 0 Å². The van der Waals surface area contributed by atoms with Crippen molar-refractivity contribution in [2.45, 2.75) is 43.6 Å². The summed E-state index contributed by atoms with van der Waals surface area (Å²) in [5, 5.41) is 9.67. The Morgan fingerprint density at radius 1 is 1.05 bits per heavy atom. The molecular formula is C19H23NO. The minimum absolute atomic E-state index is 0.215. The van der Waals surface area contributed by atoms with E-state index < -0.39 is 0 Å². The summed E-state index contributed by atoms with van der Waals surface area (Å²) in [5.74, 6) is 0.720. The fourth-order valence-electron chi connectivity index (χ4n) is 3.71. The molecule has 0 aromatic heterocycles. The van der Waals surface area contributed by atoms with E-state index in [9.17, 15) is 5.11 Å². The van der Waals surface area contributed by atoms with Gasteiger partial charge in [-0.1, -0.05) is 55.3 Å². The molecule has 2 unspecified atom stereocenters. The van der Waals surface area contributed by atoms with E-state index in [4.69, 9.17) is 5.73 Å². The van der Waals surface area contributed by atoms with Gasteiger partial charge in [0.25, 0.3) is 0 Å². The highest BCUT2D eigenvalue weighted by Gasteiger charge is 2.38. The van der Waals surface area contributed by atoms with Crippen LogP contribution in [0.25, 0.3) is 0 Å². The summed E-state index contributed by atoms with van der Waals surface area (Å²) in [6.45, 7) is 0. The minimum Gasteiger partial charge on any atom is -0.508 e. The zero-order valence-corrected chi connectivity index (χ0v) is 12.3. The highest BCUT2D eigenvalue weighted by molar-refractivity contribution is 5.31. The SMILES string of the molecule is NC1(Cc2cccc(O)c2)CCCCC1c1ccccc1. The van der Waals surface area contributed by atoms with Crippen molar-refractivity contribution in [3.05, 3.63) is 65.7 Å². The van der Waals surface area contributed by atoms with Gasteiger partial charge < -0.3 is 10.8 Å². The van der Waals surface area contributed by atoms with Gasteiger partial charge in [-0.2, -0.15) is 0 Å². The van der Waals surface area contributed by atoms with E-state index in [1.807, 2.05) is 12.1 Å². The molecule has 2 atom stereocenters. The standard InChI is InChI=1S/C19H23NO/c20-19(14-15-7-6-10-17(21)13-15)12-5-4-11-18(19)16-8-2-1-3-9-16/h1-3,6-10,13,18,21H,4-5,11-12,14,20H2. The minimum atomic E-state index is -0.215. The quantitative estimate of drug-likeness (QED) is 0.893. The third-order valence-electron chi connectivity index (χ3n) is 4.72. The van der Waals surface area contributed by atoms with Crippen LogP contribution in [-0.2, 0) is 6.42 Å². The Morgan fingerprint density at radius 2 is 1.86 bits per heavy atom. The maximum atomic E-state index is 9.67. The Labute approximate surface area is 126 Å². The monoisotopic (exact) mass is 281 g/mol. The van der Waals surface area contributed by atoms with Crippen LogP contribution in [-0.4, -0.2) is 10.6 Å². The van der Waals surface area contributed by atoms with Gasteiger partial charge in [-0.3, -0.25) is 0 Å². The first-order chi connectivity index (χ1) is 10.2. The van der Waals surface area contributed by atoms with E-state index in [-0.39, 0.29) is 5.54 Å². The molecule has 0 heterocycles. The van der Waals surface area contributed by atoms with Crippen molar-refractivity contribution in [2.75, 3.05) is 0 Å². The number of aromatic hydroxyl groups is 1. The summed E-state index contributed by atoms with van der Waals surface area (Å²) in [4.78, 5) is 0. The summed E-state index contributed by atoms with van der Waals surface area (Å²) in [7, 11) is 0. The highest BCUT2D eigenvalue weighted by Crippen LogP contribution is 2.41. The van der Waals surface area contributed by atoms with Crippen molar-refractivity contribution in [3.8, 4) is 5.75 Å². The molecule has 21 heavy (non-hydrogen) atoms. The molecule has 1 aliphatic carbocycles. The zero-order chi connectivity index (χ0) is 14.7. The first-order valence-electron chi connectivity index (χ1n) is 7.79. The zero-order valence-electron chi connectivity index (χ0n) is 12.3. The summed E-state index contributed by atoms with van der Waals surface area (Å²) < 4.78 is 0. The van der Waals surface area contributed by atoms with Crippen LogP contribution in [0.2, 0.25) is 0 Å².